The normalized spacial score (nSPS) is 8.27. The van der Waals surface area contributed by atoms with Crippen molar-refractivity contribution >= 4 is 11.9 Å². The van der Waals surface area contributed by atoms with Crippen LogP contribution in [0.5, 0.6) is 0 Å². The van der Waals surface area contributed by atoms with Gasteiger partial charge < -0.3 is 9.84 Å². The molecule has 0 radical (unpaired) electrons. The largest absolute Gasteiger partial charge is 0.481 e. The Labute approximate surface area is 89.2 Å². The Kier molecular flexibility index (Phi) is 12.3. The zero-order chi connectivity index (χ0) is 12.1. The van der Waals surface area contributed by atoms with Crippen molar-refractivity contribution in [3.63, 3.8) is 0 Å². The van der Waals surface area contributed by atoms with E-state index in [9.17, 15) is 9.59 Å². The van der Waals surface area contributed by atoms with E-state index in [1.54, 1.807) is 6.08 Å². The molecule has 4 heteroatoms. The highest BCUT2D eigenvalue weighted by Gasteiger charge is 1.88. The summed E-state index contributed by atoms with van der Waals surface area (Å²) >= 11 is 0. The number of aliphatic carboxylic acids is 1. The summed E-state index contributed by atoms with van der Waals surface area (Å²) in [7, 11) is 0. The summed E-state index contributed by atoms with van der Waals surface area (Å²) in [6.45, 7) is 5.44. The lowest BCUT2D eigenvalue weighted by molar-refractivity contribution is -0.137. The molecule has 0 aromatic carbocycles. The molecule has 0 aliphatic rings. The van der Waals surface area contributed by atoms with Gasteiger partial charge >= 0.3 is 11.9 Å². The summed E-state index contributed by atoms with van der Waals surface area (Å²) in [6, 6.07) is 0. The summed E-state index contributed by atoms with van der Waals surface area (Å²) in [5, 5.41) is 7.77. The molecule has 0 atom stereocenters. The maximum Gasteiger partial charge on any atom is 0.330 e. The molecule has 0 aromatic rings. The first-order valence-electron chi connectivity index (χ1n) is 4.14. The van der Waals surface area contributed by atoms with Crippen LogP contribution < -0.4 is 0 Å². The first-order valence-corrected chi connectivity index (χ1v) is 4.14. The van der Waals surface area contributed by atoms with Gasteiger partial charge in [0.25, 0.3) is 0 Å². The molecule has 0 spiro atoms. The molecule has 0 aliphatic carbocycles. The summed E-state index contributed by atoms with van der Waals surface area (Å²) in [4.78, 5) is 19.8. The van der Waals surface area contributed by atoms with Gasteiger partial charge in [0.05, 0.1) is 0 Å². The highest BCUT2D eigenvalue weighted by atomic mass is 16.5. The molecule has 0 bridgehead atoms. The SMILES string of the molecule is C#CCC(=O)O.C=CC(=O)OCC=CC. The van der Waals surface area contributed by atoms with Crippen LogP contribution >= 0.6 is 0 Å². The molecule has 0 fully saturated rings. The number of carboxylic acid groups (broad SMARTS) is 1. The van der Waals surface area contributed by atoms with Gasteiger partial charge in [0.1, 0.15) is 13.0 Å². The average Bonchev–Trinajstić information content (AvgIpc) is 2.18. The van der Waals surface area contributed by atoms with Crippen molar-refractivity contribution in [1.82, 2.24) is 0 Å². The number of carbonyl (C=O) groups is 2. The molecule has 0 aliphatic heterocycles. The van der Waals surface area contributed by atoms with Crippen molar-refractivity contribution in [2.45, 2.75) is 13.3 Å². The number of terminal acetylenes is 1. The van der Waals surface area contributed by atoms with Crippen LogP contribution in [0.15, 0.2) is 24.8 Å². The second-order valence-corrected chi connectivity index (χ2v) is 2.18. The second-order valence-electron chi connectivity index (χ2n) is 2.18. The van der Waals surface area contributed by atoms with Crippen LogP contribution in [0.3, 0.4) is 0 Å². The van der Waals surface area contributed by atoms with Gasteiger partial charge in [0, 0.05) is 6.08 Å². The van der Waals surface area contributed by atoms with Crippen LogP contribution in [-0.2, 0) is 14.3 Å². The third-order valence-electron chi connectivity index (χ3n) is 0.977. The number of esters is 1. The van der Waals surface area contributed by atoms with E-state index in [2.05, 4.69) is 17.7 Å². The molecule has 0 saturated heterocycles. The summed E-state index contributed by atoms with van der Waals surface area (Å²) in [6.07, 6.45) is 9.13. The van der Waals surface area contributed by atoms with Crippen LogP contribution in [0.2, 0.25) is 0 Å². The Balaban J connectivity index is 0. The van der Waals surface area contributed by atoms with Gasteiger partial charge in [-0.15, -0.1) is 6.42 Å². The highest BCUT2D eigenvalue weighted by Crippen LogP contribution is 1.79. The van der Waals surface area contributed by atoms with Crippen molar-refractivity contribution in [3.8, 4) is 12.3 Å². The van der Waals surface area contributed by atoms with Crippen molar-refractivity contribution < 1.29 is 19.4 Å². The number of hydrogen-bond acceptors (Lipinski definition) is 3. The fourth-order valence-electron chi connectivity index (χ4n) is 0.373. The lowest BCUT2D eigenvalue weighted by atomic mass is 10.5. The van der Waals surface area contributed by atoms with Crippen LogP contribution in [0.4, 0.5) is 0 Å². The first kappa shape index (κ1) is 15.5. The van der Waals surface area contributed by atoms with Gasteiger partial charge in [-0.25, -0.2) is 4.79 Å². The van der Waals surface area contributed by atoms with Crippen molar-refractivity contribution in [2.24, 2.45) is 0 Å². The van der Waals surface area contributed by atoms with Gasteiger partial charge in [0.2, 0.25) is 0 Å². The van der Waals surface area contributed by atoms with Crippen molar-refractivity contribution in [3.05, 3.63) is 24.8 Å². The molecular weight excluding hydrogens is 196 g/mol. The van der Waals surface area contributed by atoms with E-state index in [0.29, 0.717) is 6.61 Å². The summed E-state index contributed by atoms with van der Waals surface area (Å²) in [5.74, 6) is 0.639. The average molecular weight is 210 g/mol. The van der Waals surface area contributed by atoms with Crippen molar-refractivity contribution in [2.75, 3.05) is 6.61 Å². The third kappa shape index (κ3) is 18.7. The number of carbonyl (C=O) groups excluding carboxylic acids is 1. The number of ether oxygens (including phenoxy) is 1. The molecule has 0 amide bonds. The fraction of sp³-hybridized carbons (Fsp3) is 0.273. The molecule has 0 saturated carbocycles. The molecule has 4 nitrogen and oxygen atoms in total. The first-order chi connectivity index (χ1) is 7.08. The molecular formula is C11H14O4. The molecule has 0 unspecified atom stereocenters. The minimum atomic E-state index is -0.947. The number of allylic oxidation sites excluding steroid dienone is 1. The Morgan fingerprint density at radius 3 is 2.47 bits per heavy atom. The van der Waals surface area contributed by atoms with E-state index in [1.165, 1.54) is 0 Å². The minimum Gasteiger partial charge on any atom is -0.481 e. The minimum absolute atomic E-state index is 0.181. The smallest absolute Gasteiger partial charge is 0.330 e. The fourth-order valence-corrected chi connectivity index (χ4v) is 0.373. The standard InChI is InChI=1S/C7H10O2.C4H4O2/c1-3-5-6-9-7(8)4-2;1-2-3-4(5)6/h3-5H,2,6H2,1H3;1H,3H2,(H,5,6). The molecule has 1 N–H and O–H groups in total. The topological polar surface area (TPSA) is 63.6 Å². The quantitative estimate of drug-likeness (QED) is 0.329. The van der Waals surface area contributed by atoms with E-state index in [1.807, 2.05) is 18.9 Å². The predicted molar refractivity (Wildman–Crippen MR) is 57.1 cm³/mol. The Hall–Kier alpha value is -2.02. The van der Waals surface area contributed by atoms with Crippen molar-refractivity contribution in [1.29, 1.82) is 0 Å². The number of rotatable bonds is 4. The van der Waals surface area contributed by atoms with Gasteiger partial charge in [-0.2, -0.15) is 0 Å². The van der Waals surface area contributed by atoms with E-state index >= 15 is 0 Å². The zero-order valence-corrected chi connectivity index (χ0v) is 8.60. The summed E-state index contributed by atoms with van der Waals surface area (Å²) < 4.78 is 4.59. The lowest BCUT2D eigenvalue weighted by Crippen LogP contribution is -1.98. The molecule has 0 heterocycles. The third-order valence-corrected chi connectivity index (χ3v) is 0.977. The van der Waals surface area contributed by atoms with Crippen LogP contribution in [0, 0.1) is 12.3 Å². The van der Waals surface area contributed by atoms with E-state index in [-0.39, 0.29) is 12.4 Å². The molecule has 0 rings (SSSR count). The van der Waals surface area contributed by atoms with Gasteiger partial charge in [-0.05, 0) is 6.92 Å². The van der Waals surface area contributed by atoms with Crippen LogP contribution in [0.25, 0.3) is 0 Å². The van der Waals surface area contributed by atoms with Crippen LogP contribution in [-0.4, -0.2) is 23.7 Å². The monoisotopic (exact) mass is 210 g/mol. The zero-order valence-electron chi connectivity index (χ0n) is 8.60. The predicted octanol–water partition coefficient (Wildman–Crippen LogP) is 1.39. The highest BCUT2D eigenvalue weighted by molar-refractivity contribution is 5.81. The van der Waals surface area contributed by atoms with E-state index in [4.69, 9.17) is 5.11 Å². The van der Waals surface area contributed by atoms with E-state index in [0.717, 1.165) is 6.08 Å². The molecule has 82 valence electrons. The van der Waals surface area contributed by atoms with Crippen LogP contribution in [0.1, 0.15) is 13.3 Å². The van der Waals surface area contributed by atoms with Gasteiger partial charge in [0.15, 0.2) is 0 Å². The van der Waals surface area contributed by atoms with E-state index < -0.39 is 5.97 Å². The van der Waals surface area contributed by atoms with Gasteiger partial charge in [-0.3, -0.25) is 4.79 Å². The summed E-state index contributed by atoms with van der Waals surface area (Å²) in [5.41, 5.74) is 0. The maximum absolute atomic E-state index is 10.3. The Bertz CT molecular complexity index is 271. The maximum atomic E-state index is 10.3. The Morgan fingerprint density at radius 2 is 2.20 bits per heavy atom. The van der Waals surface area contributed by atoms with Gasteiger partial charge in [-0.1, -0.05) is 24.7 Å². The Morgan fingerprint density at radius 1 is 1.60 bits per heavy atom. The molecule has 15 heavy (non-hydrogen) atoms. The number of hydrogen-bond donors (Lipinski definition) is 1. The second kappa shape index (κ2) is 12.0. The number of carboxylic acids is 1. The molecule has 0 aromatic heterocycles. The lowest BCUT2D eigenvalue weighted by Gasteiger charge is -1.93.